The Balaban J connectivity index is 0.000000149. The average molecular weight is 1860 g/mol. The molecule has 0 amide bonds. The molecule has 692 valence electrons. The SMILES string of the molecule is CC(C)(C)OC(=O)n1ccc2c(-c3cc(C(=O)c4nc5nc(N6CCC(O)CC6)ccc5[nH]4)ccc3C#N)cncc21.CC(C)(C)OC(=O)n1ccc2c(-c3cc(C(=O)c4nc5nc(N6CCC(OP(=O)(OC(C)(C)C)OC(C)(C)C)CC6)ccc5[nH]4)ccc3C#N)cncc21.N#Cc1ccc(C(=O)c2nc3nc(N4CCC(OP(=O)(O)O)CC4)ccc3[nH]2)cc1-c1cncc2c1C=CC2. The largest absolute Gasteiger partial charge is 0.476 e. The highest BCUT2D eigenvalue weighted by atomic mass is 31.2. The minimum atomic E-state index is -4.52. The highest BCUT2D eigenvalue weighted by Gasteiger charge is 2.41. The molecule has 4 aliphatic rings. The maximum absolute atomic E-state index is 13.8. The highest BCUT2D eigenvalue weighted by molar-refractivity contribution is 7.48. The van der Waals surface area contributed by atoms with Gasteiger partial charge in [0.25, 0.3) is 0 Å². The summed E-state index contributed by atoms with van der Waals surface area (Å²) >= 11 is 0. The molecule has 11 aromatic heterocycles. The van der Waals surface area contributed by atoms with E-state index < -0.39 is 56.3 Å². The van der Waals surface area contributed by atoms with Crippen molar-refractivity contribution in [3.63, 3.8) is 0 Å². The second-order valence-corrected chi connectivity index (χ2v) is 39.7. The van der Waals surface area contributed by atoms with Gasteiger partial charge in [-0.3, -0.25) is 56.6 Å². The number of fused-ring (bicyclic) bond motifs is 6. The number of hydrogen-bond acceptors (Lipinski definition) is 29. The molecule has 3 fully saturated rings. The number of aliphatic hydroxyl groups is 1. The van der Waals surface area contributed by atoms with E-state index in [1.54, 1.807) is 158 Å². The molecule has 0 spiro atoms. The molecule has 3 aliphatic heterocycles. The van der Waals surface area contributed by atoms with Crippen LogP contribution in [0.3, 0.4) is 0 Å². The zero-order chi connectivity index (χ0) is 96.0. The molecule has 36 nitrogen and oxygen atoms in total. The lowest BCUT2D eigenvalue weighted by Crippen LogP contribution is -2.38. The highest BCUT2D eigenvalue weighted by Crippen LogP contribution is 2.57. The zero-order valence-corrected chi connectivity index (χ0v) is 77.9. The number of H-pyrrole nitrogens is 3. The Morgan fingerprint density at radius 2 is 0.785 bits per heavy atom. The van der Waals surface area contributed by atoms with E-state index in [1.807, 2.05) is 95.1 Å². The number of carbonyl (C=O) groups excluding carboxylic acids is 5. The molecule has 14 heterocycles. The third-order valence-electron chi connectivity index (χ3n) is 22.5. The number of ketones is 3. The van der Waals surface area contributed by atoms with E-state index in [4.69, 9.17) is 42.3 Å². The van der Waals surface area contributed by atoms with Crippen LogP contribution in [0, 0.1) is 34.0 Å². The maximum Gasteiger partial charge on any atom is 0.476 e. The number of aromatic nitrogens is 14. The Morgan fingerprint density at radius 3 is 1.15 bits per heavy atom. The summed E-state index contributed by atoms with van der Waals surface area (Å²) in [7, 11) is -8.37. The Morgan fingerprint density at radius 1 is 0.430 bits per heavy atom. The molecular weight excluding hydrogens is 1760 g/mol. The molecular formula is C97H98N20O16P2. The van der Waals surface area contributed by atoms with Crippen LogP contribution in [0.2, 0.25) is 0 Å². The standard InChI is InChI=1S/C39H46N7O7P.C31H29N7O4.C27H23N6O5P/c1-37(2,3)50-36(48)46-19-16-27-29(22-41-23-31(27)46)28-20-24(10-11-25(28)21-40)33(47)35-42-30-12-13-32(43-34(30)44-35)45-17-14-26(15-18-45)51-54(49,52-38(4,5)6)53-39(7,8)9;1-31(2,3)42-30(41)38-13-10-21-23(16-33-17-25(21)38)22-14-18(4-5-19(22)15-32)27(40)29-34-24-6-7-26(35-28(24)36-29)37-11-8-20(39)9-12-37;28-13-17-5-4-16(12-21(17)22-15-29-14-18-2-1-3-20(18)22)25(34)27-30-23-6-7-24(31-26(23)32-27)33-10-8-19(9-11-33)38-39(35,36)37/h10-13,16,19-20,22-23,26H,14-15,17-18H2,1-9H3,(H,42,43,44);4-7,10,13-14,16-17,20,39H,8-9,11-12H2,1-3H3,(H,34,35,36);1,3-7,12,14-15,19H,2,8-11H2,(H,30,31,32)(H2,35,36,37). The number of nitrogens with one attached hydrogen (secondary N) is 3. The monoisotopic (exact) mass is 1860 g/mol. The van der Waals surface area contributed by atoms with Crippen LogP contribution in [-0.4, -0.2) is 193 Å². The van der Waals surface area contributed by atoms with Gasteiger partial charge in [0.2, 0.25) is 17.3 Å². The summed E-state index contributed by atoms with van der Waals surface area (Å²) in [5.41, 5.74) is 9.06. The van der Waals surface area contributed by atoms with Gasteiger partial charge in [-0.1, -0.05) is 12.2 Å². The van der Waals surface area contributed by atoms with Crippen molar-refractivity contribution in [2.24, 2.45) is 0 Å². The summed E-state index contributed by atoms with van der Waals surface area (Å²) in [4.78, 5) is 141. The second kappa shape index (κ2) is 37.7. The lowest BCUT2D eigenvalue weighted by atomic mass is 9.93. The number of nitrogens with zero attached hydrogens (tertiary/aromatic N) is 17. The van der Waals surface area contributed by atoms with Crippen molar-refractivity contribution in [2.45, 2.75) is 169 Å². The number of allylic oxidation sites excluding steroid dienone is 1. The summed E-state index contributed by atoms with van der Waals surface area (Å²) in [6.07, 6.45) is 19.1. The first-order valence-corrected chi connectivity index (χ1v) is 46.8. The number of phosphoric acid groups is 2. The average Bonchev–Trinajstić information content (AvgIpc) is 1.57. The molecule has 0 saturated carbocycles. The van der Waals surface area contributed by atoms with Crippen LogP contribution in [0.15, 0.2) is 159 Å². The first-order chi connectivity index (χ1) is 64.1. The summed E-state index contributed by atoms with van der Waals surface area (Å²) in [5.74, 6) is 1.39. The van der Waals surface area contributed by atoms with Gasteiger partial charge >= 0.3 is 27.8 Å². The minimum absolute atomic E-state index is 0.0956. The number of nitriles is 3. The number of carbonyl (C=O) groups is 5. The molecule has 1 aliphatic carbocycles. The molecule has 14 aromatic rings. The first-order valence-electron chi connectivity index (χ1n) is 43.9. The number of aliphatic hydroxyl groups excluding tert-OH is 1. The smallest absolute Gasteiger partial charge is 0.443 e. The van der Waals surface area contributed by atoms with Crippen LogP contribution >= 0.6 is 15.6 Å². The second-order valence-electron chi connectivity index (χ2n) is 37.1. The summed E-state index contributed by atoms with van der Waals surface area (Å²) in [6.45, 7) is 25.2. The third-order valence-corrected chi connectivity index (χ3v) is 25.1. The Labute approximate surface area is 775 Å². The van der Waals surface area contributed by atoms with E-state index in [0.29, 0.717) is 206 Å². The van der Waals surface area contributed by atoms with Gasteiger partial charge in [0.15, 0.2) is 34.4 Å². The zero-order valence-electron chi connectivity index (χ0n) is 76.2. The first kappa shape index (κ1) is 94.0. The van der Waals surface area contributed by atoms with Gasteiger partial charge in [0.1, 0.15) is 28.7 Å². The number of rotatable bonds is 18. The van der Waals surface area contributed by atoms with Gasteiger partial charge in [-0.15, -0.1) is 0 Å². The third kappa shape index (κ3) is 21.5. The van der Waals surface area contributed by atoms with Crippen LogP contribution in [0.1, 0.15) is 198 Å². The van der Waals surface area contributed by atoms with Crippen LogP contribution in [0.4, 0.5) is 27.0 Å². The summed E-state index contributed by atoms with van der Waals surface area (Å²) < 4.78 is 61.0. The molecule has 0 bridgehead atoms. The molecule has 18 rings (SSSR count). The number of ether oxygens (including phenoxy) is 2. The lowest BCUT2D eigenvalue weighted by molar-refractivity contribution is -0.0144. The van der Waals surface area contributed by atoms with Crippen molar-refractivity contribution >= 4 is 124 Å². The fourth-order valence-corrected chi connectivity index (χ4v) is 19.0. The van der Waals surface area contributed by atoms with Gasteiger partial charge in [0, 0.05) is 137 Å². The van der Waals surface area contributed by atoms with Crippen LogP contribution in [-0.2, 0) is 43.1 Å². The molecule has 0 unspecified atom stereocenters. The number of phosphoric ester groups is 2. The van der Waals surface area contributed by atoms with Crippen LogP contribution < -0.4 is 14.7 Å². The van der Waals surface area contributed by atoms with Crippen molar-refractivity contribution in [3.05, 3.63) is 221 Å². The number of benzene rings is 3. The number of hydrogen-bond donors (Lipinski definition) is 6. The minimum Gasteiger partial charge on any atom is -0.443 e. The van der Waals surface area contributed by atoms with E-state index in [-0.39, 0.29) is 47.0 Å². The Kier molecular flexibility index (Phi) is 26.2. The number of anilines is 3. The van der Waals surface area contributed by atoms with Gasteiger partial charge in [-0.25, -0.2) is 48.6 Å². The molecule has 38 heteroatoms. The Bertz CT molecular complexity index is 7260. The molecule has 0 radical (unpaired) electrons. The number of pyridine rings is 6. The number of aromatic amines is 3. The van der Waals surface area contributed by atoms with Gasteiger partial charge in [-0.2, -0.15) is 15.8 Å². The predicted molar refractivity (Wildman–Crippen MR) is 504 cm³/mol. The number of imidazole rings is 3. The van der Waals surface area contributed by atoms with Crippen LogP contribution in [0.25, 0.3) is 94.8 Å². The van der Waals surface area contributed by atoms with Gasteiger partial charge < -0.3 is 54.0 Å². The van der Waals surface area contributed by atoms with Crippen molar-refractivity contribution in [1.29, 1.82) is 15.8 Å². The fourth-order valence-electron chi connectivity index (χ4n) is 16.4. The quantitative estimate of drug-likeness (QED) is 0.0343. The molecule has 3 saturated heterocycles. The van der Waals surface area contributed by atoms with E-state index in [0.717, 1.165) is 28.9 Å². The fraction of sp³-hybridized carbons (Fsp3) is 0.330. The van der Waals surface area contributed by atoms with E-state index in [9.17, 15) is 54.0 Å². The normalized spacial score (nSPS) is 14.8. The van der Waals surface area contributed by atoms with Gasteiger partial charge in [0.05, 0.1) is 104 Å². The predicted octanol–water partition coefficient (Wildman–Crippen LogP) is 17.2. The molecule has 3 aromatic carbocycles. The van der Waals surface area contributed by atoms with E-state index in [1.165, 1.54) is 9.13 Å². The summed E-state index contributed by atoms with van der Waals surface area (Å²) in [6, 6.07) is 35.8. The number of piperidine rings is 3. The molecule has 0 atom stereocenters. The molecule has 135 heavy (non-hydrogen) atoms. The Hall–Kier alpha value is -14.2. The maximum atomic E-state index is 13.8. The van der Waals surface area contributed by atoms with Crippen molar-refractivity contribution in [3.8, 4) is 51.6 Å². The van der Waals surface area contributed by atoms with Crippen molar-refractivity contribution in [2.75, 3.05) is 54.0 Å². The molecule has 6 N–H and O–H groups in total. The topological polar surface area (TPSA) is 490 Å². The van der Waals surface area contributed by atoms with Crippen molar-refractivity contribution in [1.82, 2.24) is 68.9 Å². The van der Waals surface area contributed by atoms with Crippen LogP contribution in [0.5, 0.6) is 0 Å². The lowest BCUT2D eigenvalue weighted by Gasteiger charge is -2.36. The van der Waals surface area contributed by atoms with Crippen molar-refractivity contribution < 1.29 is 75.6 Å². The van der Waals surface area contributed by atoms with Gasteiger partial charge in [-0.05, 0) is 242 Å². The van der Waals surface area contributed by atoms with E-state index >= 15 is 0 Å². The van der Waals surface area contributed by atoms with E-state index in [2.05, 4.69) is 82.8 Å². The summed E-state index contributed by atoms with van der Waals surface area (Å²) in [5, 5.41) is 40.8.